The Labute approximate surface area is 107 Å². The van der Waals surface area contributed by atoms with E-state index in [0.29, 0.717) is 0 Å². The summed E-state index contributed by atoms with van der Waals surface area (Å²) in [6.07, 6.45) is 2.50. The van der Waals surface area contributed by atoms with Crippen molar-refractivity contribution in [2.24, 2.45) is 0 Å². The van der Waals surface area contributed by atoms with Crippen molar-refractivity contribution in [1.29, 1.82) is 0 Å². The number of hydrogen-bond acceptors (Lipinski definition) is 4. The monoisotopic (exact) mass is 243 g/mol. The molecule has 1 N–H and O–H groups in total. The number of nitrogens with one attached hydrogen (secondary N) is 1. The normalized spacial score (nSPS) is 10.1. The van der Waals surface area contributed by atoms with Gasteiger partial charge in [-0.15, -0.1) is 0 Å². The zero-order valence-electron chi connectivity index (χ0n) is 10.7. The molecule has 4 nitrogen and oxygen atoms in total. The number of aryl methyl sites for hydroxylation is 1. The molecule has 0 unspecified atom stereocenters. The molecule has 2 aromatic rings. The highest BCUT2D eigenvalue weighted by atomic mass is 16.5. The van der Waals surface area contributed by atoms with E-state index in [0.717, 1.165) is 30.2 Å². The summed E-state index contributed by atoms with van der Waals surface area (Å²) in [7, 11) is 1.68. The Bertz CT molecular complexity index is 514. The van der Waals surface area contributed by atoms with Gasteiger partial charge in [-0.2, -0.15) is 0 Å². The zero-order valence-corrected chi connectivity index (χ0v) is 10.7. The van der Waals surface area contributed by atoms with Crippen LogP contribution in [0.1, 0.15) is 11.3 Å². The van der Waals surface area contributed by atoms with Gasteiger partial charge < -0.3 is 10.1 Å². The maximum atomic E-state index is 5.19. The summed E-state index contributed by atoms with van der Waals surface area (Å²) in [4.78, 5) is 8.22. The van der Waals surface area contributed by atoms with Gasteiger partial charge >= 0.3 is 0 Å². The first kappa shape index (κ1) is 12.4. The minimum Gasteiger partial charge on any atom is -0.497 e. The van der Waals surface area contributed by atoms with Crippen molar-refractivity contribution >= 4 is 5.82 Å². The highest BCUT2D eigenvalue weighted by Gasteiger charge is 1.97. The number of benzene rings is 1. The molecule has 0 fully saturated rings. The molecule has 94 valence electrons. The first-order valence-corrected chi connectivity index (χ1v) is 5.93. The van der Waals surface area contributed by atoms with Crippen LogP contribution in [0.15, 0.2) is 36.7 Å². The van der Waals surface area contributed by atoms with Gasteiger partial charge in [0.1, 0.15) is 17.9 Å². The Morgan fingerprint density at radius 3 is 2.89 bits per heavy atom. The quantitative estimate of drug-likeness (QED) is 0.876. The molecular formula is C14H17N3O. The van der Waals surface area contributed by atoms with Gasteiger partial charge in [0, 0.05) is 18.3 Å². The molecular weight excluding hydrogens is 226 g/mol. The first-order valence-electron chi connectivity index (χ1n) is 5.93. The molecule has 0 aliphatic rings. The molecule has 0 atom stereocenters. The average molecular weight is 243 g/mol. The maximum absolute atomic E-state index is 5.19. The van der Waals surface area contributed by atoms with E-state index in [1.165, 1.54) is 5.56 Å². The van der Waals surface area contributed by atoms with E-state index in [2.05, 4.69) is 21.4 Å². The van der Waals surface area contributed by atoms with E-state index in [1.54, 1.807) is 13.4 Å². The minimum absolute atomic E-state index is 0.837. The van der Waals surface area contributed by atoms with E-state index in [-0.39, 0.29) is 0 Å². The van der Waals surface area contributed by atoms with E-state index >= 15 is 0 Å². The molecule has 0 aliphatic carbocycles. The van der Waals surface area contributed by atoms with Gasteiger partial charge in [-0.1, -0.05) is 12.1 Å². The van der Waals surface area contributed by atoms with Crippen LogP contribution in [-0.4, -0.2) is 23.6 Å². The van der Waals surface area contributed by atoms with Crippen molar-refractivity contribution in [3.05, 3.63) is 47.9 Å². The van der Waals surface area contributed by atoms with Crippen LogP contribution in [0, 0.1) is 6.92 Å². The summed E-state index contributed by atoms with van der Waals surface area (Å²) in [6, 6.07) is 10.0. The van der Waals surface area contributed by atoms with Crippen LogP contribution >= 0.6 is 0 Å². The number of ether oxygens (including phenoxy) is 1. The molecule has 0 aliphatic heterocycles. The van der Waals surface area contributed by atoms with Gasteiger partial charge in [0.2, 0.25) is 0 Å². The molecule has 0 radical (unpaired) electrons. The standard InChI is InChI=1S/C14H17N3O/c1-11-8-14(17-10-16-11)15-7-6-12-4-3-5-13(9-12)18-2/h3-5,8-10H,6-7H2,1-2H3,(H,15,16,17). The molecule has 0 amide bonds. The van der Waals surface area contributed by atoms with Gasteiger partial charge in [-0.25, -0.2) is 9.97 Å². The average Bonchev–Trinajstić information content (AvgIpc) is 2.39. The Morgan fingerprint density at radius 1 is 1.22 bits per heavy atom. The Kier molecular flexibility index (Phi) is 4.12. The lowest BCUT2D eigenvalue weighted by Crippen LogP contribution is -2.06. The van der Waals surface area contributed by atoms with Gasteiger partial charge in [0.05, 0.1) is 7.11 Å². The van der Waals surface area contributed by atoms with E-state index in [4.69, 9.17) is 4.74 Å². The highest BCUT2D eigenvalue weighted by Crippen LogP contribution is 2.13. The van der Waals surface area contributed by atoms with Gasteiger partial charge in [-0.05, 0) is 31.0 Å². The first-order chi connectivity index (χ1) is 8.78. The third-order valence-electron chi connectivity index (χ3n) is 2.66. The number of rotatable bonds is 5. The Balaban J connectivity index is 1.88. The number of hydrogen-bond donors (Lipinski definition) is 1. The molecule has 1 aromatic heterocycles. The summed E-state index contributed by atoms with van der Waals surface area (Å²) in [5, 5.41) is 3.28. The van der Waals surface area contributed by atoms with Crippen LogP contribution in [0.25, 0.3) is 0 Å². The van der Waals surface area contributed by atoms with Crippen molar-refractivity contribution in [3.63, 3.8) is 0 Å². The fourth-order valence-corrected chi connectivity index (χ4v) is 1.71. The number of aromatic nitrogens is 2. The van der Waals surface area contributed by atoms with Crippen molar-refractivity contribution in [2.45, 2.75) is 13.3 Å². The summed E-state index contributed by atoms with van der Waals surface area (Å²) in [5.74, 6) is 1.76. The van der Waals surface area contributed by atoms with Gasteiger partial charge in [-0.3, -0.25) is 0 Å². The lowest BCUT2D eigenvalue weighted by atomic mass is 10.1. The highest BCUT2D eigenvalue weighted by molar-refractivity contribution is 5.35. The molecule has 4 heteroatoms. The van der Waals surface area contributed by atoms with Crippen LogP contribution in [0.4, 0.5) is 5.82 Å². The van der Waals surface area contributed by atoms with Crippen LogP contribution < -0.4 is 10.1 Å². The van der Waals surface area contributed by atoms with Crippen LogP contribution in [0.3, 0.4) is 0 Å². The molecule has 1 aromatic carbocycles. The SMILES string of the molecule is COc1cccc(CCNc2cc(C)ncn2)c1. The summed E-state index contributed by atoms with van der Waals surface area (Å²) in [5.41, 5.74) is 2.21. The number of anilines is 1. The third kappa shape index (κ3) is 3.45. The second kappa shape index (κ2) is 6.00. The fourth-order valence-electron chi connectivity index (χ4n) is 1.71. The third-order valence-corrected chi connectivity index (χ3v) is 2.66. The molecule has 0 saturated carbocycles. The predicted octanol–water partition coefficient (Wildman–Crippen LogP) is 2.45. The van der Waals surface area contributed by atoms with Crippen LogP contribution in [-0.2, 0) is 6.42 Å². The second-order valence-corrected chi connectivity index (χ2v) is 4.07. The topological polar surface area (TPSA) is 47.0 Å². The van der Waals surface area contributed by atoms with Crippen molar-refractivity contribution < 1.29 is 4.74 Å². The molecule has 18 heavy (non-hydrogen) atoms. The van der Waals surface area contributed by atoms with Crippen molar-refractivity contribution in [3.8, 4) is 5.75 Å². The van der Waals surface area contributed by atoms with Crippen LogP contribution in [0.2, 0.25) is 0 Å². The van der Waals surface area contributed by atoms with E-state index in [9.17, 15) is 0 Å². The maximum Gasteiger partial charge on any atom is 0.129 e. The summed E-state index contributed by atoms with van der Waals surface area (Å²) < 4.78 is 5.19. The van der Waals surface area contributed by atoms with Crippen molar-refractivity contribution in [2.75, 3.05) is 19.0 Å². The molecule has 1 heterocycles. The Morgan fingerprint density at radius 2 is 2.11 bits per heavy atom. The lowest BCUT2D eigenvalue weighted by molar-refractivity contribution is 0.414. The second-order valence-electron chi connectivity index (χ2n) is 4.07. The smallest absolute Gasteiger partial charge is 0.129 e. The lowest BCUT2D eigenvalue weighted by Gasteiger charge is -2.07. The molecule has 0 saturated heterocycles. The van der Waals surface area contributed by atoms with Gasteiger partial charge in [0.25, 0.3) is 0 Å². The summed E-state index contributed by atoms with van der Waals surface area (Å²) >= 11 is 0. The van der Waals surface area contributed by atoms with E-state index < -0.39 is 0 Å². The molecule has 0 spiro atoms. The number of nitrogens with zero attached hydrogens (tertiary/aromatic N) is 2. The fraction of sp³-hybridized carbons (Fsp3) is 0.286. The number of methoxy groups -OCH3 is 1. The van der Waals surface area contributed by atoms with Crippen molar-refractivity contribution in [1.82, 2.24) is 9.97 Å². The molecule has 2 rings (SSSR count). The zero-order chi connectivity index (χ0) is 12.8. The predicted molar refractivity (Wildman–Crippen MR) is 72.0 cm³/mol. The molecule has 0 bridgehead atoms. The largest absolute Gasteiger partial charge is 0.497 e. The Hall–Kier alpha value is -2.10. The van der Waals surface area contributed by atoms with Crippen LogP contribution in [0.5, 0.6) is 5.75 Å². The summed E-state index contributed by atoms with van der Waals surface area (Å²) in [6.45, 7) is 2.79. The van der Waals surface area contributed by atoms with Gasteiger partial charge in [0.15, 0.2) is 0 Å². The minimum atomic E-state index is 0.837. The van der Waals surface area contributed by atoms with E-state index in [1.807, 2.05) is 31.2 Å².